The molecule has 2 aromatic carbocycles. The van der Waals surface area contributed by atoms with E-state index in [1.165, 1.54) is 0 Å². The summed E-state index contributed by atoms with van der Waals surface area (Å²) in [6.07, 6.45) is 4.74. The van der Waals surface area contributed by atoms with Crippen LogP contribution in [0.15, 0.2) is 48.7 Å². The van der Waals surface area contributed by atoms with Crippen LogP contribution in [0, 0.1) is 11.8 Å². The maximum absolute atomic E-state index is 15.4. The van der Waals surface area contributed by atoms with Crippen LogP contribution in [-0.4, -0.2) is 47.7 Å². The SMILES string of the molecule is COc1ccc2nccc(C(F)CC[C@@H]3CCN(CCCCc4cccc(Cl)c4Cl)C[C@@H]3C(=O)O)c2c1. The number of aryl methyl sites for hydroxylation is 1. The van der Waals surface area contributed by atoms with Crippen molar-refractivity contribution >= 4 is 40.1 Å². The Morgan fingerprint density at radius 2 is 2.08 bits per heavy atom. The molecular formula is C29H33Cl2FN2O3. The smallest absolute Gasteiger partial charge is 0.308 e. The number of likely N-dealkylation sites (tertiary alicyclic amines) is 1. The average Bonchev–Trinajstić information content (AvgIpc) is 2.91. The number of benzene rings is 2. The number of methoxy groups -OCH3 is 1. The van der Waals surface area contributed by atoms with Crippen molar-refractivity contribution in [2.75, 3.05) is 26.7 Å². The molecule has 1 aliphatic heterocycles. The van der Waals surface area contributed by atoms with Crippen LogP contribution in [-0.2, 0) is 11.2 Å². The number of aromatic nitrogens is 1. The molecule has 0 amide bonds. The second kappa shape index (κ2) is 12.9. The molecule has 1 aromatic heterocycles. The number of carbonyl (C=O) groups is 1. The number of unbranched alkanes of at least 4 members (excludes halogenated alkanes) is 1. The van der Waals surface area contributed by atoms with Crippen LogP contribution < -0.4 is 4.74 Å². The van der Waals surface area contributed by atoms with E-state index in [1.54, 1.807) is 25.4 Å². The molecule has 1 N–H and O–H groups in total. The molecule has 3 aromatic rings. The summed E-state index contributed by atoms with van der Waals surface area (Å²) in [5.74, 6) is -0.671. The molecule has 2 heterocycles. The monoisotopic (exact) mass is 546 g/mol. The predicted octanol–water partition coefficient (Wildman–Crippen LogP) is 7.39. The lowest BCUT2D eigenvalue weighted by molar-refractivity contribution is -0.146. The number of carboxylic acid groups (broad SMARTS) is 1. The van der Waals surface area contributed by atoms with E-state index in [9.17, 15) is 9.90 Å². The van der Waals surface area contributed by atoms with Crippen LogP contribution in [0.3, 0.4) is 0 Å². The summed E-state index contributed by atoms with van der Waals surface area (Å²) in [6, 6.07) is 12.8. The molecule has 1 aliphatic rings. The molecule has 3 atom stereocenters. The third kappa shape index (κ3) is 6.92. The van der Waals surface area contributed by atoms with E-state index in [0.717, 1.165) is 55.2 Å². The summed E-state index contributed by atoms with van der Waals surface area (Å²) in [5, 5.41) is 11.8. The van der Waals surface area contributed by atoms with Crippen molar-refractivity contribution in [2.45, 2.75) is 44.7 Å². The largest absolute Gasteiger partial charge is 0.497 e. The summed E-state index contributed by atoms with van der Waals surface area (Å²) in [6.45, 7) is 2.17. The highest BCUT2D eigenvalue weighted by atomic mass is 35.5. The van der Waals surface area contributed by atoms with E-state index in [1.807, 2.05) is 30.3 Å². The fourth-order valence-corrected chi connectivity index (χ4v) is 5.77. The lowest BCUT2D eigenvalue weighted by atomic mass is 9.81. The van der Waals surface area contributed by atoms with Crippen molar-refractivity contribution in [1.29, 1.82) is 0 Å². The summed E-state index contributed by atoms with van der Waals surface area (Å²) in [5.41, 5.74) is 2.33. The Morgan fingerprint density at radius 1 is 1.24 bits per heavy atom. The topological polar surface area (TPSA) is 62.7 Å². The highest BCUT2D eigenvalue weighted by molar-refractivity contribution is 6.42. The maximum atomic E-state index is 15.4. The van der Waals surface area contributed by atoms with Crippen LogP contribution in [0.4, 0.5) is 4.39 Å². The minimum absolute atomic E-state index is 0.0418. The van der Waals surface area contributed by atoms with Crippen molar-refractivity contribution < 1.29 is 19.0 Å². The Morgan fingerprint density at radius 3 is 2.86 bits per heavy atom. The first-order valence-corrected chi connectivity index (χ1v) is 13.6. The highest BCUT2D eigenvalue weighted by Gasteiger charge is 2.34. The third-order valence-electron chi connectivity index (χ3n) is 7.47. The van der Waals surface area contributed by atoms with Gasteiger partial charge in [0.1, 0.15) is 11.9 Å². The third-order valence-corrected chi connectivity index (χ3v) is 8.33. The first kappa shape index (κ1) is 27.6. The number of nitrogens with zero attached hydrogens (tertiary/aromatic N) is 2. The first-order chi connectivity index (χ1) is 17.9. The van der Waals surface area contributed by atoms with Gasteiger partial charge in [-0.2, -0.15) is 0 Å². The van der Waals surface area contributed by atoms with Crippen LogP contribution in [0.1, 0.15) is 49.4 Å². The van der Waals surface area contributed by atoms with Gasteiger partial charge in [-0.15, -0.1) is 0 Å². The summed E-state index contributed by atoms with van der Waals surface area (Å²) in [4.78, 5) is 18.6. The van der Waals surface area contributed by atoms with Gasteiger partial charge in [0.2, 0.25) is 0 Å². The molecular weight excluding hydrogens is 514 g/mol. The zero-order valence-corrected chi connectivity index (χ0v) is 22.5. The van der Waals surface area contributed by atoms with Crippen molar-refractivity contribution in [3.8, 4) is 5.75 Å². The van der Waals surface area contributed by atoms with Crippen molar-refractivity contribution in [2.24, 2.45) is 11.8 Å². The fourth-order valence-electron chi connectivity index (χ4n) is 5.35. The number of alkyl halides is 1. The van der Waals surface area contributed by atoms with Gasteiger partial charge in [0, 0.05) is 18.1 Å². The first-order valence-electron chi connectivity index (χ1n) is 12.8. The standard InChI is InChI=1S/C29H33Cl2FN2O3/c1-37-21-9-11-27-23(17-21)22(12-14-33-27)26(32)10-8-19-13-16-34(18-24(19)29(35)36)15-3-2-5-20-6-4-7-25(30)28(20)31/h4,6-7,9,11-12,14,17,19,24,26H,2-3,5,8,10,13,15-16,18H2,1H3,(H,35,36)/t19-,24+,26?/m1/s1. The molecule has 0 spiro atoms. The molecule has 5 nitrogen and oxygen atoms in total. The molecule has 0 bridgehead atoms. The number of fused-ring (bicyclic) bond motifs is 1. The van der Waals surface area contributed by atoms with Crippen molar-refractivity contribution in [1.82, 2.24) is 9.88 Å². The van der Waals surface area contributed by atoms with Gasteiger partial charge < -0.3 is 14.7 Å². The van der Waals surface area contributed by atoms with Gasteiger partial charge in [-0.05, 0) is 99.0 Å². The second-order valence-electron chi connectivity index (χ2n) is 9.79. The van der Waals surface area contributed by atoms with Crippen LogP contribution in [0.5, 0.6) is 5.75 Å². The Hall–Kier alpha value is -2.41. The highest BCUT2D eigenvalue weighted by Crippen LogP contribution is 2.35. The number of pyridine rings is 1. The minimum Gasteiger partial charge on any atom is -0.497 e. The van der Waals surface area contributed by atoms with Gasteiger partial charge in [0.05, 0.1) is 28.6 Å². The van der Waals surface area contributed by atoms with E-state index in [0.29, 0.717) is 34.3 Å². The fraction of sp³-hybridized carbons (Fsp3) is 0.448. The summed E-state index contributed by atoms with van der Waals surface area (Å²) >= 11 is 12.4. The van der Waals surface area contributed by atoms with Crippen LogP contribution in [0.2, 0.25) is 10.0 Å². The molecule has 0 aliphatic carbocycles. The lowest BCUT2D eigenvalue weighted by Crippen LogP contribution is -2.44. The summed E-state index contributed by atoms with van der Waals surface area (Å²) in [7, 11) is 1.58. The van der Waals surface area contributed by atoms with Crippen LogP contribution >= 0.6 is 23.2 Å². The zero-order chi connectivity index (χ0) is 26.4. The average molecular weight is 547 g/mol. The Kier molecular flexibility index (Phi) is 9.63. The van der Waals surface area contributed by atoms with E-state index < -0.39 is 18.1 Å². The van der Waals surface area contributed by atoms with Crippen molar-refractivity contribution in [3.05, 3.63) is 69.8 Å². The molecule has 198 valence electrons. The molecule has 0 saturated carbocycles. The van der Waals surface area contributed by atoms with Gasteiger partial charge in [-0.25, -0.2) is 4.39 Å². The number of piperidine rings is 1. The summed E-state index contributed by atoms with van der Waals surface area (Å²) < 4.78 is 20.7. The second-order valence-corrected chi connectivity index (χ2v) is 10.6. The van der Waals surface area contributed by atoms with Gasteiger partial charge in [-0.1, -0.05) is 35.3 Å². The zero-order valence-electron chi connectivity index (χ0n) is 21.0. The predicted molar refractivity (Wildman–Crippen MR) is 146 cm³/mol. The number of hydrogen-bond donors (Lipinski definition) is 1. The van der Waals surface area contributed by atoms with Gasteiger partial charge in [-0.3, -0.25) is 9.78 Å². The lowest BCUT2D eigenvalue weighted by Gasteiger charge is -2.37. The van der Waals surface area contributed by atoms with Gasteiger partial charge >= 0.3 is 5.97 Å². The van der Waals surface area contributed by atoms with Gasteiger partial charge in [0.15, 0.2) is 0 Å². The Labute approximate surface area is 227 Å². The minimum atomic E-state index is -1.19. The van der Waals surface area contributed by atoms with E-state index >= 15 is 4.39 Å². The molecule has 37 heavy (non-hydrogen) atoms. The van der Waals surface area contributed by atoms with Crippen molar-refractivity contribution in [3.63, 3.8) is 0 Å². The number of ether oxygens (including phenoxy) is 1. The Balaban J connectivity index is 1.30. The van der Waals surface area contributed by atoms with E-state index in [4.69, 9.17) is 27.9 Å². The number of rotatable bonds is 11. The maximum Gasteiger partial charge on any atom is 0.308 e. The van der Waals surface area contributed by atoms with E-state index in [-0.39, 0.29) is 12.3 Å². The molecule has 0 radical (unpaired) electrons. The molecule has 1 unspecified atom stereocenters. The molecule has 1 fully saturated rings. The quantitative estimate of drug-likeness (QED) is 0.254. The number of halogens is 3. The number of aliphatic carboxylic acids is 1. The number of hydrogen-bond acceptors (Lipinski definition) is 4. The van der Waals surface area contributed by atoms with Gasteiger partial charge in [0.25, 0.3) is 0 Å². The number of carboxylic acids is 1. The van der Waals surface area contributed by atoms with E-state index in [2.05, 4.69) is 9.88 Å². The Bertz CT molecular complexity index is 1220. The molecule has 1 saturated heterocycles. The van der Waals surface area contributed by atoms with Crippen LogP contribution in [0.25, 0.3) is 10.9 Å². The molecule has 8 heteroatoms. The molecule has 4 rings (SSSR count). The normalized spacial score (nSPS) is 19.1.